The van der Waals surface area contributed by atoms with Gasteiger partial charge in [0.05, 0.1) is 25.5 Å². The molecule has 8 nitrogen and oxygen atoms in total. The Labute approximate surface area is 193 Å². The predicted molar refractivity (Wildman–Crippen MR) is 121 cm³/mol. The zero-order chi connectivity index (χ0) is 23.3. The van der Waals surface area contributed by atoms with Gasteiger partial charge in [-0.25, -0.2) is 4.79 Å². The second kappa shape index (κ2) is 7.86. The molecule has 1 unspecified atom stereocenters. The molecule has 1 N–H and O–H groups in total. The fourth-order valence-corrected chi connectivity index (χ4v) is 5.75. The van der Waals surface area contributed by atoms with E-state index in [1.807, 2.05) is 29.7 Å². The minimum atomic E-state index is -0.470. The third-order valence-electron chi connectivity index (χ3n) is 7.32. The SMILES string of the molecule is CCN1C(=O)N2Cc3cc(OC)cc(O)c3C(C)C=C2C12CCN(C(=O)c1ccco1)CC2. The molecule has 3 aliphatic heterocycles. The number of piperidine rings is 1. The first kappa shape index (κ1) is 21.4. The average molecular weight is 452 g/mol. The number of phenols is 1. The summed E-state index contributed by atoms with van der Waals surface area (Å²) in [6.07, 6.45) is 4.93. The Morgan fingerprint density at radius 3 is 2.70 bits per heavy atom. The topological polar surface area (TPSA) is 86.5 Å². The number of methoxy groups -OCH3 is 1. The molecule has 5 rings (SSSR count). The lowest BCUT2D eigenvalue weighted by atomic mass is 9.82. The maximum absolute atomic E-state index is 13.6. The van der Waals surface area contributed by atoms with Crippen molar-refractivity contribution < 1.29 is 23.8 Å². The van der Waals surface area contributed by atoms with Crippen molar-refractivity contribution >= 4 is 11.9 Å². The number of aromatic hydroxyl groups is 1. The molecule has 0 bridgehead atoms. The first-order chi connectivity index (χ1) is 15.9. The number of rotatable bonds is 3. The van der Waals surface area contributed by atoms with Crippen LogP contribution in [-0.4, -0.2) is 64.0 Å². The van der Waals surface area contributed by atoms with Crippen molar-refractivity contribution in [2.24, 2.45) is 0 Å². The lowest BCUT2D eigenvalue weighted by Crippen LogP contribution is -2.54. The smallest absolute Gasteiger partial charge is 0.325 e. The van der Waals surface area contributed by atoms with E-state index < -0.39 is 5.54 Å². The number of phenolic OH excluding ortho intramolecular Hbond substituents is 1. The van der Waals surface area contributed by atoms with E-state index in [2.05, 4.69) is 6.08 Å². The van der Waals surface area contributed by atoms with E-state index in [0.717, 1.165) is 16.8 Å². The van der Waals surface area contributed by atoms with Crippen molar-refractivity contribution in [3.05, 3.63) is 59.2 Å². The van der Waals surface area contributed by atoms with Gasteiger partial charge in [0.25, 0.3) is 5.91 Å². The van der Waals surface area contributed by atoms with Crippen LogP contribution in [0.25, 0.3) is 0 Å². The number of hydrogen-bond donors (Lipinski definition) is 1. The maximum atomic E-state index is 13.6. The number of likely N-dealkylation sites (tertiary alicyclic amines) is 1. The summed E-state index contributed by atoms with van der Waals surface area (Å²) >= 11 is 0. The molecule has 0 aliphatic carbocycles. The minimum Gasteiger partial charge on any atom is -0.507 e. The number of carbonyl (C=O) groups excluding carboxylic acids is 2. The molecule has 1 aromatic heterocycles. The largest absolute Gasteiger partial charge is 0.507 e. The molecule has 1 spiro atoms. The Morgan fingerprint density at radius 2 is 2.06 bits per heavy atom. The van der Waals surface area contributed by atoms with Gasteiger partial charge in [-0.15, -0.1) is 0 Å². The monoisotopic (exact) mass is 451 g/mol. The van der Waals surface area contributed by atoms with Crippen LogP contribution in [0.3, 0.4) is 0 Å². The maximum Gasteiger partial charge on any atom is 0.325 e. The van der Waals surface area contributed by atoms with Gasteiger partial charge >= 0.3 is 6.03 Å². The lowest BCUT2D eigenvalue weighted by Gasteiger charge is -2.44. The average Bonchev–Trinajstić information content (AvgIpc) is 3.37. The van der Waals surface area contributed by atoms with E-state index >= 15 is 0 Å². The van der Waals surface area contributed by atoms with E-state index in [0.29, 0.717) is 50.5 Å². The van der Waals surface area contributed by atoms with Gasteiger partial charge in [0.2, 0.25) is 0 Å². The standard InChI is InChI=1S/C25H29N3O5/c1-4-28-24(31)27-15-17-13-18(32-3)14-19(29)22(17)16(2)12-21(27)25(28)7-9-26(10-8-25)23(30)20-6-5-11-33-20/h5-6,11-14,16,29H,4,7-10,15H2,1-3H3. The number of hydrogen-bond acceptors (Lipinski definition) is 5. The Bertz CT molecular complexity index is 1120. The molecule has 174 valence electrons. The molecule has 33 heavy (non-hydrogen) atoms. The molecule has 8 heteroatoms. The summed E-state index contributed by atoms with van der Waals surface area (Å²) < 4.78 is 10.7. The first-order valence-electron chi connectivity index (χ1n) is 11.4. The van der Waals surface area contributed by atoms with Crippen molar-refractivity contribution in [1.29, 1.82) is 0 Å². The van der Waals surface area contributed by atoms with Gasteiger partial charge in [-0.05, 0) is 43.5 Å². The summed E-state index contributed by atoms with van der Waals surface area (Å²) in [5, 5.41) is 10.7. The van der Waals surface area contributed by atoms with E-state index in [4.69, 9.17) is 9.15 Å². The quantitative estimate of drug-likeness (QED) is 0.764. The number of nitrogens with zero attached hydrogens (tertiary/aromatic N) is 3. The third-order valence-corrected chi connectivity index (χ3v) is 7.32. The highest BCUT2D eigenvalue weighted by Gasteiger charge is 2.55. The van der Waals surface area contributed by atoms with Crippen molar-refractivity contribution in [3.63, 3.8) is 0 Å². The zero-order valence-electron chi connectivity index (χ0n) is 19.2. The Balaban J connectivity index is 1.50. The first-order valence-corrected chi connectivity index (χ1v) is 11.4. The Morgan fingerprint density at radius 1 is 1.30 bits per heavy atom. The number of urea groups is 1. The summed E-state index contributed by atoms with van der Waals surface area (Å²) in [6.45, 7) is 6.08. The van der Waals surface area contributed by atoms with Crippen LogP contribution in [0.1, 0.15) is 54.3 Å². The third kappa shape index (κ3) is 3.19. The van der Waals surface area contributed by atoms with Gasteiger partial charge in [0, 0.05) is 42.9 Å². The Hall–Kier alpha value is -3.42. The fraction of sp³-hybridized carbons (Fsp3) is 0.440. The van der Waals surface area contributed by atoms with E-state index in [9.17, 15) is 14.7 Å². The minimum absolute atomic E-state index is 0.0306. The van der Waals surface area contributed by atoms with Crippen LogP contribution in [0.5, 0.6) is 11.5 Å². The lowest BCUT2D eigenvalue weighted by molar-refractivity contribution is 0.0547. The molecule has 2 fully saturated rings. The van der Waals surface area contributed by atoms with E-state index in [-0.39, 0.29) is 23.6 Å². The fourth-order valence-electron chi connectivity index (χ4n) is 5.75. The summed E-state index contributed by atoms with van der Waals surface area (Å²) in [7, 11) is 1.57. The molecule has 0 radical (unpaired) electrons. The van der Waals surface area contributed by atoms with Crippen molar-refractivity contribution in [3.8, 4) is 11.5 Å². The second-order valence-corrected chi connectivity index (χ2v) is 8.97. The van der Waals surface area contributed by atoms with Crippen LogP contribution in [0.4, 0.5) is 4.79 Å². The van der Waals surface area contributed by atoms with Crippen LogP contribution in [0, 0.1) is 0 Å². The number of amides is 3. The van der Waals surface area contributed by atoms with Gasteiger partial charge in [-0.3, -0.25) is 9.69 Å². The van der Waals surface area contributed by atoms with E-state index in [1.54, 1.807) is 30.2 Å². The number of carbonyl (C=O) groups is 2. The number of furan rings is 1. The summed E-state index contributed by atoms with van der Waals surface area (Å²) in [5.74, 6) is 0.898. The number of likely N-dealkylation sites (N-methyl/N-ethyl adjacent to an activating group) is 1. The molecule has 0 saturated carbocycles. The van der Waals surface area contributed by atoms with Crippen LogP contribution < -0.4 is 4.74 Å². The summed E-state index contributed by atoms with van der Waals surface area (Å²) in [5.41, 5.74) is 2.22. The molecular formula is C25H29N3O5. The van der Waals surface area contributed by atoms with E-state index in [1.165, 1.54) is 6.26 Å². The highest BCUT2D eigenvalue weighted by atomic mass is 16.5. The van der Waals surface area contributed by atoms with Crippen LogP contribution >= 0.6 is 0 Å². The van der Waals surface area contributed by atoms with Crippen LogP contribution in [0.15, 0.2) is 46.7 Å². The summed E-state index contributed by atoms with van der Waals surface area (Å²) in [6, 6.07) is 6.89. The number of ether oxygens (including phenoxy) is 1. The summed E-state index contributed by atoms with van der Waals surface area (Å²) in [4.78, 5) is 32.0. The van der Waals surface area contributed by atoms with Gasteiger partial charge < -0.3 is 24.1 Å². The zero-order valence-corrected chi connectivity index (χ0v) is 19.2. The van der Waals surface area contributed by atoms with Gasteiger partial charge in [0.15, 0.2) is 5.76 Å². The molecule has 1 atom stereocenters. The van der Waals surface area contributed by atoms with Gasteiger partial charge in [0.1, 0.15) is 11.5 Å². The van der Waals surface area contributed by atoms with Crippen molar-refractivity contribution in [1.82, 2.24) is 14.7 Å². The van der Waals surface area contributed by atoms with Gasteiger partial charge in [-0.1, -0.05) is 13.0 Å². The second-order valence-electron chi connectivity index (χ2n) is 8.97. The molecular weight excluding hydrogens is 422 g/mol. The number of allylic oxidation sites excluding steroid dienone is 1. The predicted octanol–water partition coefficient (Wildman–Crippen LogP) is 3.93. The highest BCUT2D eigenvalue weighted by Crippen LogP contribution is 2.48. The molecule has 3 aliphatic rings. The number of fused-ring (bicyclic) bond motifs is 3. The van der Waals surface area contributed by atoms with Crippen molar-refractivity contribution in [2.75, 3.05) is 26.7 Å². The normalized spacial score (nSPS) is 21.5. The molecule has 2 aromatic rings. The van der Waals surface area contributed by atoms with Crippen LogP contribution in [-0.2, 0) is 6.54 Å². The molecule has 4 heterocycles. The van der Waals surface area contributed by atoms with Crippen LogP contribution in [0.2, 0.25) is 0 Å². The molecule has 1 aromatic carbocycles. The Kier molecular flexibility index (Phi) is 5.11. The molecule has 3 amide bonds. The number of benzene rings is 1. The van der Waals surface area contributed by atoms with Crippen molar-refractivity contribution in [2.45, 2.75) is 44.7 Å². The highest BCUT2D eigenvalue weighted by molar-refractivity contribution is 5.91. The molecule has 2 saturated heterocycles. The van der Waals surface area contributed by atoms with Gasteiger partial charge in [-0.2, -0.15) is 0 Å².